The first-order valence-corrected chi connectivity index (χ1v) is 4.50. The van der Waals surface area contributed by atoms with Gasteiger partial charge in [0.25, 0.3) is 0 Å². The zero-order valence-electron chi connectivity index (χ0n) is 7.67. The van der Waals surface area contributed by atoms with Crippen molar-refractivity contribution in [3.8, 4) is 0 Å². The Morgan fingerprint density at radius 3 is 3.08 bits per heavy atom. The normalized spacial score (nSPS) is 22.3. The fourth-order valence-electron chi connectivity index (χ4n) is 1.93. The Hall–Kier alpha value is -0.990. The molecule has 1 aromatic rings. The van der Waals surface area contributed by atoms with E-state index in [1.54, 1.807) is 0 Å². The topological polar surface area (TPSA) is 43.8 Å². The summed E-state index contributed by atoms with van der Waals surface area (Å²) in [4.78, 5) is 4.27. The highest BCUT2D eigenvalue weighted by atomic mass is 15.1. The minimum Gasteiger partial charge on any atom is -0.382 e. The van der Waals surface area contributed by atoms with Gasteiger partial charge in [0.05, 0.1) is 5.69 Å². The molecule has 0 radical (unpaired) electrons. The van der Waals surface area contributed by atoms with Gasteiger partial charge in [0.15, 0.2) is 0 Å². The minimum atomic E-state index is 0.735. The van der Waals surface area contributed by atoms with Crippen LogP contribution in [-0.2, 0) is 13.0 Å². The molecule has 0 amide bonds. The van der Waals surface area contributed by atoms with Gasteiger partial charge in [-0.3, -0.25) is 0 Å². The first kappa shape index (κ1) is 7.65. The molecule has 12 heavy (non-hydrogen) atoms. The van der Waals surface area contributed by atoms with Gasteiger partial charge < -0.3 is 10.3 Å². The second-order valence-electron chi connectivity index (χ2n) is 3.74. The second kappa shape index (κ2) is 2.51. The number of rotatable bonds is 0. The van der Waals surface area contributed by atoms with Gasteiger partial charge in [0.2, 0.25) is 0 Å². The molecule has 1 atom stereocenters. The lowest BCUT2D eigenvalue weighted by Crippen LogP contribution is -2.18. The van der Waals surface area contributed by atoms with E-state index in [1.807, 2.05) is 6.92 Å². The molecular formula is C9H15N3. The molecule has 1 aliphatic rings. The van der Waals surface area contributed by atoms with Crippen molar-refractivity contribution < 1.29 is 0 Å². The Morgan fingerprint density at radius 1 is 1.58 bits per heavy atom. The third-order valence-corrected chi connectivity index (χ3v) is 2.68. The monoisotopic (exact) mass is 165 g/mol. The van der Waals surface area contributed by atoms with Crippen molar-refractivity contribution >= 4 is 5.82 Å². The zero-order chi connectivity index (χ0) is 8.72. The number of aryl methyl sites for hydroxylation is 1. The summed E-state index contributed by atoms with van der Waals surface area (Å²) in [5, 5.41) is 0. The zero-order valence-corrected chi connectivity index (χ0v) is 7.67. The molecular weight excluding hydrogens is 150 g/mol. The second-order valence-corrected chi connectivity index (χ2v) is 3.74. The maximum absolute atomic E-state index is 5.79. The van der Waals surface area contributed by atoms with Gasteiger partial charge in [-0.2, -0.15) is 0 Å². The molecule has 3 heteroatoms. The van der Waals surface area contributed by atoms with Crippen molar-refractivity contribution in [2.75, 3.05) is 5.73 Å². The van der Waals surface area contributed by atoms with Crippen molar-refractivity contribution in [2.24, 2.45) is 5.92 Å². The lowest BCUT2D eigenvalue weighted by Gasteiger charge is -2.21. The van der Waals surface area contributed by atoms with Crippen molar-refractivity contribution in [1.82, 2.24) is 9.55 Å². The number of aromatic nitrogens is 2. The van der Waals surface area contributed by atoms with Crippen LogP contribution in [0.15, 0.2) is 0 Å². The van der Waals surface area contributed by atoms with Crippen LogP contribution in [0.2, 0.25) is 0 Å². The Kier molecular flexibility index (Phi) is 1.60. The van der Waals surface area contributed by atoms with Crippen molar-refractivity contribution in [3.05, 3.63) is 11.5 Å². The van der Waals surface area contributed by atoms with E-state index >= 15 is 0 Å². The van der Waals surface area contributed by atoms with Gasteiger partial charge in [-0.05, 0) is 25.7 Å². The molecule has 0 bridgehead atoms. The first-order valence-electron chi connectivity index (χ1n) is 4.50. The number of nitrogens with two attached hydrogens (primary N) is 1. The molecule has 2 N–H and O–H groups in total. The minimum absolute atomic E-state index is 0.735. The predicted octanol–water partition coefficient (Wildman–Crippen LogP) is 1.36. The number of imidazole rings is 1. The van der Waals surface area contributed by atoms with Gasteiger partial charge in [0.1, 0.15) is 11.6 Å². The Labute approximate surface area is 72.6 Å². The number of nitrogens with zero attached hydrogens (tertiary/aromatic N) is 2. The maximum atomic E-state index is 5.79. The number of hydrogen-bond acceptors (Lipinski definition) is 2. The number of anilines is 1. The van der Waals surface area contributed by atoms with Crippen LogP contribution in [0.1, 0.15) is 24.9 Å². The highest BCUT2D eigenvalue weighted by Gasteiger charge is 2.19. The summed E-state index contributed by atoms with van der Waals surface area (Å²) in [6.45, 7) is 5.38. The molecule has 3 nitrogen and oxygen atoms in total. The number of hydrogen-bond donors (Lipinski definition) is 1. The highest BCUT2D eigenvalue weighted by Crippen LogP contribution is 2.25. The molecule has 1 unspecified atom stereocenters. The molecule has 1 aromatic heterocycles. The summed E-state index contributed by atoms with van der Waals surface area (Å²) in [6.07, 6.45) is 2.34. The smallest absolute Gasteiger partial charge is 0.145 e. The summed E-state index contributed by atoms with van der Waals surface area (Å²) in [5.74, 6) is 2.56. The van der Waals surface area contributed by atoms with E-state index in [9.17, 15) is 0 Å². The largest absolute Gasteiger partial charge is 0.382 e. The fraction of sp³-hybridized carbons (Fsp3) is 0.667. The van der Waals surface area contributed by atoms with Crippen LogP contribution in [0.3, 0.4) is 0 Å². The lowest BCUT2D eigenvalue weighted by atomic mass is 9.98. The first-order chi connectivity index (χ1) is 5.68. The third-order valence-electron chi connectivity index (χ3n) is 2.68. The third kappa shape index (κ3) is 1.00. The number of nitrogen functional groups attached to an aromatic ring is 1. The van der Waals surface area contributed by atoms with Gasteiger partial charge in [-0.15, -0.1) is 0 Å². The summed E-state index contributed by atoms with van der Waals surface area (Å²) < 4.78 is 2.25. The fourth-order valence-corrected chi connectivity index (χ4v) is 1.93. The van der Waals surface area contributed by atoms with Crippen LogP contribution in [0.5, 0.6) is 0 Å². The molecule has 2 rings (SSSR count). The average Bonchev–Trinajstić information content (AvgIpc) is 2.28. The molecule has 0 aromatic carbocycles. The Morgan fingerprint density at radius 2 is 2.33 bits per heavy atom. The van der Waals surface area contributed by atoms with E-state index in [-0.39, 0.29) is 0 Å². The lowest BCUT2D eigenvalue weighted by molar-refractivity contribution is 0.413. The Bertz CT molecular complexity index is 301. The molecule has 1 aliphatic heterocycles. The summed E-state index contributed by atoms with van der Waals surface area (Å²) in [6, 6.07) is 0. The average molecular weight is 165 g/mol. The molecule has 0 fully saturated rings. The van der Waals surface area contributed by atoms with E-state index in [4.69, 9.17) is 5.73 Å². The van der Waals surface area contributed by atoms with Crippen LogP contribution in [0, 0.1) is 12.8 Å². The Balaban J connectivity index is 2.45. The van der Waals surface area contributed by atoms with Crippen molar-refractivity contribution in [2.45, 2.75) is 33.2 Å². The van der Waals surface area contributed by atoms with Crippen molar-refractivity contribution in [3.63, 3.8) is 0 Å². The number of fused-ring (bicyclic) bond motifs is 1. The van der Waals surface area contributed by atoms with E-state index in [0.717, 1.165) is 30.5 Å². The van der Waals surface area contributed by atoms with E-state index in [0.29, 0.717) is 0 Å². The highest BCUT2D eigenvalue weighted by molar-refractivity contribution is 5.38. The van der Waals surface area contributed by atoms with E-state index in [1.165, 1.54) is 12.1 Å². The van der Waals surface area contributed by atoms with Gasteiger partial charge in [0, 0.05) is 6.54 Å². The molecule has 0 spiro atoms. The molecule has 0 saturated carbocycles. The summed E-state index contributed by atoms with van der Waals surface area (Å²) >= 11 is 0. The van der Waals surface area contributed by atoms with E-state index in [2.05, 4.69) is 16.5 Å². The SMILES string of the molecule is Cc1nc(N)c2n1CCC(C)C2. The molecule has 2 heterocycles. The van der Waals surface area contributed by atoms with Crippen molar-refractivity contribution in [1.29, 1.82) is 0 Å². The summed E-state index contributed by atoms with van der Waals surface area (Å²) in [5.41, 5.74) is 7.03. The van der Waals surface area contributed by atoms with Crippen LogP contribution in [0.4, 0.5) is 5.82 Å². The maximum Gasteiger partial charge on any atom is 0.145 e. The molecule has 0 saturated heterocycles. The van der Waals surface area contributed by atoms with Crippen LogP contribution >= 0.6 is 0 Å². The van der Waals surface area contributed by atoms with Gasteiger partial charge in [-0.1, -0.05) is 6.92 Å². The van der Waals surface area contributed by atoms with Crippen LogP contribution in [0.25, 0.3) is 0 Å². The van der Waals surface area contributed by atoms with E-state index < -0.39 is 0 Å². The molecule has 66 valence electrons. The van der Waals surface area contributed by atoms with Gasteiger partial charge >= 0.3 is 0 Å². The quantitative estimate of drug-likeness (QED) is 0.630. The van der Waals surface area contributed by atoms with Gasteiger partial charge in [-0.25, -0.2) is 4.98 Å². The summed E-state index contributed by atoms with van der Waals surface area (Å²) in [7, 11) is 0. The predicted molar refractivity (Wildman–Crippen MR) is 48.9 cm³/mol. The molecule has 0 aliphatic carbocycles. The standard InChI is InChI=1S/C9H15N3/c1-6-3-4-12-7(2)11-9(10)8(12)5-6/h6H,3-5,10H2,1-2H3. The van der Waals surface area contributed by atoms with Crippen LogP contribution in [-0.4, -0.2) is 9.55 Å². The van der Waals surface area contributed by atoms with Crippen LogP contribution < -0.4 is 5.73 Å².